The zero-order chi connectivity index (χ0) is 21.4. The van der Waals surface area contributed by atoms with E-state index in [4.69, 9.17) is 25.8 Å². The number of hydrogen-bond donors (Lipinski definition) is 3. The van der Waals surface area contributed by atoms with Gasteiger partial charge in [-0.05, 0) is 43.4 Å². The van der Waals surface area contributed by atoms with Gasteiger partial charge in [-0.2, -0.15) is 4.98 Å². The Balaban J connectivity index is 1.28. The minimum atomic E-state index is -2.24. The first kappa shape index (κ1) is 21.8. The van der Waals surface area contributed by atoms with Gasteiger partial charge in [0.1, 0.15) is 17.7 Å². The second kappa shape index (κ2) is 9.06. The van der Waals surface area contributed by atoms with Gasteiger partial charge in [0.15, 0.2) is 5.34 Å². The number of aromatic nitrogens is 3. The van der Waals surface area contributed by atoms with Crippen LogP contribution in [0.15, 0.2) is 12.3 Å². The Kier molecular flexibility index (Phi) is 6.36. The van der Waals surface area contributed by atoms with E-state index in [-0.39, 0.29) is 24.2 Å². The molecule has 31 heavy (non-hydrogen) atoms. The van der Waals surface area contributed by atoms with Crippen LogP contribution in [-0.4, -0.2) is 61.6 Å². The molecule has 0 bridgehead atoms. The number of fused-ring (bicyclic) bond motifs is 1. The molecule has 1 saturated carbocycles. The number of rotatable bonds is 7. The quantitative estimate of drug-likeness (QED) is 0.416. The summed E-state index contributed by atoms with van der Waals surface area (Å²) in [6.45, 7) is 0.973. The van der Waals surface area contributed by atoms with Crippen LogP contribution in [0.25, 0.3) is 11.0 Å². The van der Waals surface area contributed by atoms with Gasteiger partial charge in [-0.3, -0.25) is 0 Å². The zero-order valence-corrected chi connectivity index (χ0v) is 18.9. The fourth-order valence-electron chi connectivity index (χ4n) is 4.74. The molecule has 11 heteroatoms. The zero-order valence-electron chi connectivity index (χ0n) is 17.2. The predicted molar refractivity (Wildman–Crippen MR) is 117 cm³/mol. The fourth-order valence-corrected chi connectivity index (χ4v) is 5.59. The molecule has 0 radical (unpaired) electrons. The highest BCUT2D eigenvalue weighted by Gasteiger charge is 2.44. The van der Waals surface area contributed by atoms with Crippen LogP contribution in [0.2, 0.25) is 5.28 Å². The molecule has 9 nitrogen and oxygen atoms in total. The van der Waals surface area contributed by atoms with E-state index in [0.29, 0.717) is 25.7 Å². The van der Waals surface area contributed by atoms with Crippen molar-refractivity contribution in [3.8, 4) is 0 Å². The molecule has 3 aliphatic rings. The molecule has 3 unspecified atom stereocenters. The SMILES string of the molecule is OP(O)C1(OCC2CCC(n3ccc4c(NC5CCCC5)nc(Cl)nc43)O2)CCOC1. The molecule has 3 N–H and O–H groups in total. The van der Waals surface area contributed by atoms with E-state index in [1.54, 1.807) is 0 Å². The summed E-state index contributed by atoms with van der Waals surface area (Å²) >= 11 is 6.25. The van der Waals surface area contributed by atoms with Crippen molar-refractivity contribution in [3.05, 3.63) is 17.5 Å². The third kappa shape index (κ3) is 4.42. The Morgan fingerprint density at radius 3 is 2.84 bits per heavy atom. The normalized spacial score (nSPS) is 29.5. The van der Waals surface area contributed by atoms with Crippen LogP contribution in [0.5, 0.6) is 0 Å². The molecule has 3 fully saturated rings. The lowest BCUT2D eigenvalue weighted by Crippen LogP contribution is -2.34. The van der Waals surface area contributed by atoms with Crippen molar-refractivity contribution in [2.45, 2.75) is 68.7 Å². The Labute approximate surface area is 187 Å². The maximum absolute atomic E-state index is 9.79. The maximum atomic E-state index is 9.79. The van der Waals surface area contributed by atoms with Gasteiger partial charge in [0.05, 0.1) is 31.3 Å². The summed E-state index contributed by atoms with van der Waals surface area (Å²) in [6, 6.07) is 2.43. The van der Waals surface area contributed by atoms with Crippen LogP contribution in [-0.2, 0) is 14.2 Å². The van der Waals surface area contributed by atoms with Crippen LogP contribution < -0.4 is 5.32 Å². The Hall–Kier alpha value is -1.06. The van der Waals surface area contributed by atoms with Gasteiger partial charge in [-0.1, -0.05) is 12.8 Å². The summed E-state index contributed by atoms with van der Waals surface area (Å²) in [5, 5.41) is 3.69. The number of ether oxygens (including phenoxy) is 3. The van der Waals surface area contributed by atoms with Crippen molar-refractivity contribution < 1.29 is 24.0 Å². The number of halogens is 1. The van der Waals surface area contributed by atoms with E-state index < -0.39 is 13.7 Å². The van der Waals surface area contributed by atoms with Crippen molar-refractivity contribution >= 4 is 36.8 Å². The summed E-state index contributed by atoms with van der Waals surface area (Å²) < 4.78 is 19.5. The first-order valence-electron chi connectivity index (χ1n) is 10.9. The Bertz CT molecular complexity index is 916. The summed E-state index contributed by atoms with van der Waals surface area (Å²) in [6.07, 6.45) is 8.52. The average molecular weight is 471 g/mol. The monoisotopic (exact) mass is 470 g/mol. The third-order valence-electron chi connectivity index (χ3n) is 6.50. The van der Waals surface area contributed by atoms with Crippen LogP contribution >= 0.6 is 20.0 Å². The second-order valence-corrected chi connectivity index (χ2v) is 10.3. The molecule has 1 aliphatic carbocycles. The smallest absolute Gasteiger partial charge is 0.226 e. The van der Waals surface area contributed by atoms with Crippen molar-refractivity contribution in [1.82, 2.24) is 14.5 Å². The topological polar surface area (TPSA) is 111 Å². The van der Waals surface area contributed by atoms with Crippen molar-refractivity contribution in [2.24, 2.45) is 0 Å². The van der Waals surface area contributed by atoms with Gasteiger partial charge in [0, 0.05) is 18.7 Å². The van der Waals surface area contributed by atoms with E-state index >= 15 is 0 Å². The van der Waals surface area contributed by atoms with E-state index in [9.17, 15) is 9.79 Å². The summed E-state index contributed by atoms with van der Waals surface area (Å²) in [5.41, 5.74) is 0.752. The second-order valence-electron chi connectivity index (χ2n) is 8.57. The molecule has 2 aliphatic heterocycles. The van der Waals surface area contributed by atoms with Crippen LogP contribution in [0.3, 0.4) is 0 Å². The Morgan fingerprint density at radius 2 is 2.10 bits per heavy atom. The molecule has 170 valence electrons. The predicted octanol–water partition coefficient (Wildman–Crippen LogP) is 3.55. The molecule has 2 aromatic heterocycles. The van der Waals surface area contributed by atoms with Crippen LogP contribution in [0.1, 0.15) is 51.2 Å². The van der Waals surface area contributed by atoms with Crippen molar-refractivity contribution in [2.75, 3.05) is 25.1 Å². The van der Waals surface area contributed by atoms with E-state index in [0.717, 1.165) is 42.5 Å². The van der Waals surface area contributed by atoms with Crippen molar-refractivity contribution in [3.63, 3.8) is 0 Å². The molecule has 0 amide bonds. The lowest BCUT2D eigenvalue weighted by Gasteiger charge is -2.29. The van der Waals surface area contributed by atoms with E-state index in [1.165, 1.54) is 12.8 Å². The summed E-state index contributed by atoms with van der Waals surface area (Å²) in [5.74, 6) is 0.779. The van der Waals surface area contributed by atoms with E-state index in [1.807, 2.05) is 16.8 Å². The number of nitrogens with one attached hydrogen (secondary N) is 1. The average Bonchev–Trinajstić information content (AvgIpc) is 3.52. The first-order valence-corrected chi connectivity index (χ1v) is 12.5. The van der Waals surface area contributed by atoms with Gasteiger partial charge in [0.25, 0.3) is 0 Å². The molecule has 2 aromatic rings. The lowest BCUT2D eigenvalue weighted by atomic mass is 10.2. The van der Waals surface area contributed by atoms with Gasteiger partial charge in [0.2, 0.25) is 13.7 Å². The highest BCUT2D eigenvalue weighted by atomic mass is 35.5. The van der Waals surface area contributed by atoms with E-state index in [2.05, 4.69) is 15.3 Å². The van der Waals surface area contributed by atoms with Crippen molar-refractivity contribution in [1.29, 1.82) is 0 Å². The summed E-state index contributed by atoms with van der Waals surface area (Å²) in [4.78, 5) is 28.5. The molecule has 4 heterocycles. The molecule has 5 rings (SSSR count). The molecular formula is C20H28ClN4O5P. The minimum Gasteiger partial charge on any atom is -0.378 e. The van der Waals surface area contributed by atoms with Gasteiger partial charge < -0.3 is 33.9 Å². The van der Waals surface area contributed by atoms with Crippen LogP contribution in [0.4, 0.5) is 5.82 Å². The van der Waals surface area contributed by atoms with Gasteiger partial charge in [-0.15, -0.1) is 0 Å². The summed E-state index contributed by atoms with van der Waals surface area (Å²) in [7, 11) is -2.24. The lowest BCUT2D eigenvalue weighted by molar-refractivity contribution is -0.0760. The number of hydrogen-bond acceptors (Lipinski definition) is 8. The molecule has 0 spiro atoms. The number of anilines is 1. The standard InChI is InChI=1S/C20H28ClN4O5P/c21-19-23-17(22-13-3-1-2-4-13)15-7-9-25(18(15)24-19)16-6-5-14(30-16)11-29-20(31(26)27)8-10-28-12-20/h7,9,13-14,16,26-27H,1-6,8,10-12H2,(H,22,23,24). The maximum Gasteiger partial charge on any atom is 0.226 e. The van der Waals surface area contributed by atoms with Crippen LogP contribution in [0, 0.1) is 0 Å². The Morgan fingerprint density at radius 1 is 1.26 bits per heavy atom. The minimum absolute atomic E-state index is 0.136. The number of nitrogens with zero attached hydrogens (tertiary/aromatic N) is 3. The molecule has 3 atom stereocenters. The third-order valence-corrected chi connectivity index (χ3v) is 7.88. The first-order chi connectivity index (χ1) is 15.0. The highest BCUT2D eigenvalue weighted by Crippen LogP contribution is 2.49. The fraction of sp³-hybridized carbons (Fsp3) is 0.700. The largest absolute Gasteiger partial charge is 0.378 e. The van der Waals surface area contributed by atoms with Gasteiger partial charge in [-0.25, -0.2) is 4.98 Å². The molecule has 2 saturated heterocycles. The molecular weight excluding hydrogens is 443 g/mol. The molecule has 0 aromatic carbocycles. The highest BCUT2D eigenvalue weighted by molar-refractivity contribution is 7.46. The van der Waals surface area contributed by atoms with Gasteiger partial charge >= 0.3 is 0 Å².